The van der Waals surface area contributed by atoms with Crippen LogP contribution in [0.5, 0.6) is 0 Å². The van der Waals surface area contributed by atoms with E-state index in [1.54, 1.807) is 29.3 Å². The molecule has 0 fully saturated rings. The summed E-state index contributed by atoms with van der Waals surface area (Å²) in [6, 6.07) is 9.22. The Kier molecular flexibility index (Phi) is 3.56. The zero-order chi connectivity index (χ0) is 16.7. The Morgan fingerprint density at radius 3 is 2.75 bits per heavy atom. The molecule has 1 aliphatic heterocycles. The van der Waals surface area contributed by atoms with Crippen LogP contribution >= 0.6 is 0 Å². The molecule has 0 aliphatic carbocycles. The van der Waals surface area contributed by atoms with Crippen LogP contribution in [0.3, 0.4) is 0 Å². The highest BCUT2D eigenvalue weighted by molar-refractivity contribution is 5.89. The summed E-state index contributed by atoms with van der Waals surface area (Å²) in [5.74, 6) is -0.561. The molecule has 0 unspecified atom stereocenters. The van der Waals surface area contributed by atoms with E-state index in [4.69, 9.17) is 0 Å². The maximum Gasteiger partial charge on any atom is 0.227 e. The highest BCUT2D eigenvalue weighted by atomic mass is 19.1. The van der Waals surface area contributed by atoms with Crippen molar-refractivity contribution in [3.8, 4) is 0 Å². The van der Waals surface area contributed by atoms with Gasteiger partial charge in [0.05, 0.1) is 6.42 Å². The Bertz CT molecular complexity index is 932. The zero-order valence-corrected chi connectivity index (χ0v) is 13.0. The molecule has 3 aromatic rings. The SMILES string of the molecule is O=C(Cc1c[nH]c2ccc(F)cc12)N1CCc2cc(F)ccc2C1. The number of hydrogen-bond acceptors (Lipinski definition) is 1. The number of benzene rings is 2. The molecule has 24 heavy (non-hydrogen) atoms. The lowest BCUT2D eigenvalue weighted by Gasteiger charge is -2.29. The van der Waals surface area contributed by atoms with Crippen LogP contribution in [0, 0.1) is 11.6 Å². The number of aromatic nitrogens is 1. The fourth-order valence-corrected chi connectivity index (χ4v) is 3.31. The summed E-state index contributed by atoms with van der Waals surface area (Å²) in [7, 11) is 0. The zero-order valence-electron chi connectivity index (χ0n) is 13.0. The van der Waals surface area contributed by atoms with Gasteiger partial charge in [-0.15, -0.1) is 0 Å². The Morgan fingerprint density at radius 1 is 1.08 bits per heavy atom. The number of halogens is 2. The smallest absolute Gasteiger partial charge is 0.227 e. The lowest BCUT2D eigenvalue weighted by molar-refractivity contribution is -0.131. The van der Waals surface area contributed by atoms with Gasteiger partial charge in [-0.05, 0) is 53.4 Å². The van der Waals surface area contributed by atoms with Gasteiger partial charge in [0, 0.05) is 30.2 Å². The molecule has 1 N–H and O–H groups in total. The van der Waals surface area contributed by atoms with Crippen molar-refractivity contribution in [3.63, 3.8) is 0 Å². The summed E-state index contributed by atoms with van der Waals surface area (Å²) in [5, 5.41) is 0.739. The fraction of sp³-hybridized carbons (Fsp3) is 0.211. The number of aromatic amines is 1. The quantitative estimate of drug-likeness (QED) is 0.768. The highest BCUT2D eigenvalue weighted by Gasteiger charge is 2.22. The summed E-state index contributed by atoms with van der Waals surface area (Å²) in [4.78, 5) is 17.5. The molecule has 5 heteroatoms. The van der Waals surface area contributed by atoms with E-state index in [0.717, 1.165) is 27.6 Å². The molecule has 1 amide bonds. The van der Waals surface area contributed by atoms with Crippen LogP contribution in [0.1, 0.15) is 16.7 Å². The maximum atomic E-state index is 13.4. The molecule has 0 atom stereocenters. The Balaban J connectivity index is 1.54. The minimum atomic E-state index is -0.315. The molecule has 0 saturated heterocycles. The van der Waals surface area contributed by atoms with Gasteiger partial charge in [-0.3, -0.25) is 4.79 Å². The summed E-state index contributed by atoms with van der Waals surface area (Å²) in [6.45, 7) is 1.07. The van der Waals surface area contributed by atoms with Crippen molar-refractivity contribution in [2.75, 3.05) is 6.54 Å². The van der Waals surface area contributed by atoms with Crippen molar-refractivity contribution in [3.05, 3.63) is 70.9 Å². The molecule has 2 aromatic carbocycles. The average molecular weight is 326 g/mol. The molecular formula is C19H16F2N2O. The van der Waals surface area contributed by atoms with E-state index in [2.05, 4.69) is 4.98 Å². The fourth-order valence-electron chi connectivity index (χ4n) is 3.31. The maximum absolute atomic E-state index is 13.4. The standard InChI is InChI=1S/C19H16F2N2O/c20-15-2-1-13-11-23(6-5-12(13)7-15)19(24)8-14-10-22-18-4-3-16(21)9-17(14)18/h1-4,7,9-10,22H,5-6,8,11H2. The van der Waals surface area contributed by atoms with Crippen LogP contribution in [0.25, 0.3) is 10.9 Å². The number of amides is 1. The Morgan fingerprint density at radius 2 is 1.88 bits per heavy atom. The van der Waals surface area contributed by atoms with E-state index in [0.29, 0.717) is 19.5 Å². The number of fused-ring (bicyclic) bond motifs is 2. The summed E-state index contributed by atoms with van der Waals surface area (Å²) < 4.78 is 26.7. The van der Waals surface area contributed by atoms with Crippen LogP contribution < -0.4 is 0 Å². The number of carbonyl (C=O) groups excluding carboxylic acids is 1. The van der Waals surface area contributed by atoms with Crippen LogP contribution in [0.2, 0.25) is 0 Å². The molecule has 2 heterocycles. The topological polar surface area (TPSA) is 36.1 Å². The number of nitrogens with zero attached hydrogens (tertiary/aromatic N) is 1. The summed E-state index contributed by atoms with van der Waals surface area (Å²) in [5.41, 5.74) is 3.56. The van der Waals surface area contributed by atoms with Gasteiger partial charge in [0.2, 0.25) is 5.91 Å². The minimum absolute atomic E-state index is 0.00450. The van der Waals surface area contributed by atoms with Crippen LogP contribution in [0.4, 0.5) is 8.78 Å². The first-order valence-corrected chi connectivity index (χ1v) is 7.91. The van der Waals surface area contributed by atoms with E-state index >= 15 is 0 Å². The van der Waals surface area contributed by atoms with E-state index in [-0.39, 0.29) is 24.0 Å². The molecule has 0 spiro atoms. The van der Waals surface area contributed by atoms with Gasteiger partial charge in [-0.25, -0.2) is 8.78 Å². The molecule has 0 bridgehead atoms. The first kappa shape index (κ1) is 14.9. The van der Waals surface area contributed by atoms with Gasteiger partial charge in [-0.1, -0.05) is 6.07 Å². The van der Waals surface area contributed by atoms with E-state index < -0.39 is 0 Å². The van der Waals surface area contributed by atoms with Gasteiger partial charge in [0.15, 0.2) is 0 Å². The third kappa shape index (κ3) is 2.66. The molecule has 0 saturated carbocycles. The van der Waals surface area contributed by atoms with Crippen molar-refractivity contribution < 1.29 is 13.6 Å². The second-order valence-corrected chi connectivity index (χ2v) is 6.16. The average Bonchev–Trinajstić information content (AvgIpc) is 2.96. The first-order valence-electron chi connectivity index (χ1n) is 7.91. The summed E-state index contributed by atoms with van der Waals surface area (Å²) >= 11 is 0. The van der Waals surface area contributed by atoms with Gasteiger partial charge in [-0.2, -0.15) is 0 Å². The van der Waals surface area contributed by atoms with E-state index in [1.165, 1.54) is 18.2 Å². The molecule has 4 rings (SSSR count). The van der Waals surface area contributed by atoms with Crippen molar-refractivity contribution >= 4 is 16.8 Å². The third-order valence-electron chi connectivity index (χ3n) is 4.60. The van der Waals surface area contributed by atoms with Gasteiger partial charge < -0.3 is 9.88 Å². The van der Waals surface area contributed by atoms with Crippen molar-refractivity contribution in [2.45, 2.75) is 19.4 Å². The molecule has 3 nitrogen and oxygen atoms in total. The first-order chi connectivity index (χ1) is 11.6. The Labute approximate surface area is 137 Å². The second-order valence-electron chi connectivity index (χ2n) is 6.16. The molecule has 1 aromatic heterocycles. The predicted molar refractivity (Wildman–Crippen MR) is 87.5 cm³/mol. The lowest BCUT2D eigenvalue weighted by atomic mass is 9.99. The molecule has 1 aliphatic rings. The van der Waals surface area contributed by atoms with Crippen molar-refractivity contribution in [1.82, 2.24) is 9.88 Å². The monoisotopic (exact) mass is 326 g/mol. The molecular weight excluding hydrogens is 310 g/mol. The van der Waals surface area contributed by atoms with Crippen LogP contribution in [-0.4, -0.2) is 22.3 Å². The largest absolute Gasteiger partial charge is 0.361 e. The van der Waals surface area contributed by atoms with Gasteiger partial charge in [0.1, 0.15) is 11.6 Å². The number of hydrogen-bond donors (Lipinski definition) is 1. The molecule has 122 valence electrons. The lowest BCUT2D eigenvalue weighted by Crippen LogP contribution is -2.36. The number of nitrogens with one attached hydrogen (secondary N) is 1. The normalized spacial score (nSPS) is 14.0. The van der Waals surface area contributed by atoms with E-state index in [9.17, 15) is 13.6 Å². The second kappa shape index (κ2) is 5.74. The van der Waals surface area contributed by atoms with Crippen LogP contribution in [0.15, 0.2) is 42.6 Å². The molecule has 0 radical (unpaired) electrons. The van der Waals surface area contributed by atoms with Crippen molar-refractivity contribution in [1.29, 1.82) is 0 Å². The van der Waals surface area contributed by atoms with Gasteiger partial charge >= 0.3 is 0 Å². The predicted octanol–water partition coefficient (Wildman–Crippen LogP) is 3.57. The van der Waals surface area contributed by atoms with Gasteiger partial charge in [0.25, 0.3) is 0 Å². The summed E-state index contributed by atoms with van der Waals surface area (Å²) in [6.07, 6.45) is 2.64. The third-order valence-corrected chi connectivity index (χ3v) is 4.60. The number of H-pyrrole nitrogens is 1. The number of carbonyl (C=O) groups is 1. The number of rotatable bonds is 2. The highest BCUT2D eigenvalue weighted by Crippen LogP contribution is 2.23. The Hall–Kier alpha value is -2.69. The van der Waals surface area contributed by atoms with E-state index in [1.807, 2.05) is 0 Å². The van der Waals surface area contributed by atoms with Crippen molar-refractivity contribution in [2.24, 2.45) is 0 Å². The minimum Gasteiger partial charge on any atom is -0.361 e. The van der Waals surface area contributed by atoms with Crippen LogP contribution in [-0.2, 0) is 24.2 Å².